The lowest BCUT2D eigenvalue weighted by Gasteiger charge is -2.55. The molecule has 3 aromatic rings. The lowest BCUT2D eigenvalue weighted by molar-refractivity contribution is -0.0404. The van der Waals surface area contributed by atoms with Crippen molar-refractivity contribution in [2.45, 2.75) is 24.4 Å². The maximum absolute atomic E-state index is 13.1. The van der Waals surface area contributed by atoms with Gasteiger partial charge in [-0.2, -0.15) is 0 Å². The monoisotopic (exact) mass is 481 g/mol. The van der Waals surface area contributed by atoms with Crippen molar-refractivity contribution in [3.63, 3.8) is 0 Å². The van der Waals surface area contributed by atoms with E-state index in [1.165, 1.54) is 5.56 Å². The number of nitrogens with one attached hydrogen (secondary N) is 1. The average molecular weight is 482 g/mol. The highest BCUT2D eigenvalue weighted by Gasteiger charge is 2.50. The van der Waals surface area contributed by atoms with Gasteiger partial charge in [-0.3, -0.25) is 4.90 Å². The Labute approximate surface area is 212 Å². The molecule has 2 N–H and O–H groups in total. The number of methoxy groups -OCH3 is 1. The van der Waals surface area contributed by atoms with Crippen LogP contribution in [-0.4, -0.2) is 66.4 Å². The van der Waals surface area contributed by atoms with Crippen LogP contribution in [0.1, 0.15) is 29.0 Å². The van der Waals surface area contributed by atoms with Crippen molar-refractivity contribution >= 4 is 11.7 Å². The van der Waals surface area contributed by atoms with Crippen molar-refractivity contribution in [1.29, 1.82) is 0 Å². The fourth-order valence-electron chi connectivity index (χ4n) is 5.30. The number of carbonyl (C=O) groups excluding carboxylic acids is 1. The summed E-state index contributed by atoms with van der Waals surface area (Å²) in [5.74, 6) is 7.35. The third-order valence-corrected chi connectivity index (χ3v) is 7.17. The van der Waals surface area contributed by atoms with Crippen molar-refractivity contribution in [1.82, 2.24) is 9.80 Å². The summed E-state index contributed by atoms with van der Waals surface area (Å²) >= 11 is 0. The van der Waals surface area contributed by atoms with Crippen LogP contribution in [-0.2, 0) is 0 Å². The highest BCUT2D eigenvalue weighted by atomic mass is 16.5. The van der Waals surface area contributed by atoms with E-state index in [0.29, 0.717) is 13.1 Å². The second-order valence-electron chi connectivity index (χ2n) is 9.28. The van der Waals surface area contributed by atoms with Gasteiger partial charge in [0.25, 0.3) is 0 Å². The molecule has 3 aromatic carbocycles. The largest absolute Gasteiger partial charge is 0.497 e. The number of carbonyl (C=O) groups is 1. The number of aliphatic hydroxyl groups excluding tert-OH is 1. The number of ether oxygens (including phenoxy) is 1. The van der Waals surface area contributed by atoms with Gasteiger partial charge in [0.15, 0.2) is 0 Å². The zero-order valence-electron chi connectivity index (χ0n) is 20.4. The summed E-state index contributed by atoms with van der Waals surface area (Å²) in [6, 6.07) is 25.8. The summed E-state index contributed by atoms with van der Waals surface area (Å²) in [7, 11) is 1.62. The topological polar surface area (TPSA) is 65.0 Å². The smallest absolute Gasteiger partial charge is 0.321 e. The van der Waals surface area contributed by atoms with Gasteiger partial charge in [-0.15, -0.1) is 0 Å². The van der Waals surface area contributed by atoms with E-state index in [1.807, 2.05) is 71.6 Å². The normalized spacial score (nSPS) is 21.3. The molecule has 0 unspecified atom stereocenters. The minimum absolute atomic E-state index is 0.0702. The first kappa shape index (κ1) is 23.9. The fraction of sp³-hybridized carbons (Fsp3) is 0.300. The van der Waals surface area contributed by atoms with Crippen molar-refractivity contribution in [2.75, 3.05) is 38.7 Å². The van der Waals surface area contributed by atoms with Gasteiger partial charge in [-0.1, -0.05) is 42.2 Å². The summed E-state index contributed by atoms with van der Waals surface area (Å²) in [4.78, 5) is 17.3. The number of urea groups is 1. The van der Waals surface area contributed by atoms with Gasteiger partial charge >= 0.3 is 6.03 Å². The van der Waals surface area contributed by atoms with Crippen molar-refractivity contribution < 1.29 is 14.6 Å². The van der Waals surface area contributed by atoms with Crippen molar-refractivity contribution in [2.24, 2.45) is 0 Å². The predicted molar refractivity (Wildman–Crippen MR) is 141 cm³/mol. The molecule has 0 saturated carbocycles. The van der Waals surface area contributed by atoms with Gasteiger partial charge in [0, 0.05) is 54.5 Å². The first-order valence-corrected chi connectivity index (χ1v) is 12.4. The number of rotatable bonds is 4. The number of fused-ring (bicyclic) bond motifs is 1. The first-order valence-electron chi connectivity index (χ1n) is 12.4. The van der Waals surface area contributed by atoms with Crippen LogP contribution in [0.2, 0.25) is 0 Å². The Kier molecular flexibility index (Phi) is 7.22. The van der Waals surface area contributed by atoms with Crippen LogP contribution in [0.25, 0.3) is 0 Å². The van der Waals surface area contributed by atoms with Crippen LogP contribution in [0, 0.1) is 11.8 Å². The van der Waals surface area contributed by atoms with Gasteiger partial charge in [-0.25, -0.2) is 4.79 Å². The molecule has 2 aliphatic heterocycles. The standard InChI is InChI=1S/C30H31N3O3/c1-36-26-16-14-25(15-17-26)31-30(35)32-18-5-19-33-27(20-32)29(28(33)21-34)24-12-10-23(11-13-24)9-8-22-6-3-2-4-7-22/h2-4,6-7,10-17,27-29,34H,5,18-21H2,1H3,(H,31,35)/t27-,28+,29+/m0/s1. The molecule has 3 atom stereocenters. The Morgan fingerprint density at radius 2 is 1.67 bits per heavy atom. The van der Waals surface area contributed by atoms with E-state index in [0.717, 1.165) is 35.5 Å². The molecular weight excluding hydrogens is 450 g/mol. The second-order valence-corrected chi connectivity index (χ2v) is 9.28. The average Bonchev–Trinajstić information content (AvgIpc) is 3.10. The summed E-state index contributed by atoms with van der Waals surface area (Å²) < 4.78 is 5.20. The molecule has 6 heteroatoms. The van der Waals surface area contributed by atoms with Crippen LogP contribution in [0.15, 0.2) is 78.9 Å². The zero-order chi connectivity index (χ0) is 24.9. The molecule has 2 fully saturated rings. The molecule has 0 aromatic heterocycles. The molecule has 6 nitrogen and oxygen atoms in total. The number of aliphatic hydroxyl groups is 1. The Hall–Kier alpha value is -3.79. The molecule has 2 saturated heterocycles. The van der Waals surface area contributed by atoms with Crippen LogP contribution < -0.4 is 10.1 Å². The van der Waals surface area contributed by atoms with Gasteiger partial charge in [0.2, 0.25) is 0 Å². The third-order valence-electron chi connectivity index (χ3n) is 7.17. The maximum atomic E-state index is 13.1. The molecule has 2 heterocycles. The molecule has 0 radical (unpaired) electrons. The molecule has 0 spiro atoms. The fourth-order valence-corrected chi connectivity index (χ4v) is 5.30. The van der Waals surface area contributed by atoms with Gasteiger partial charge in [-0.05, 0) is 60.5 Å². The third kappa shape index (κ3) is 5.08. The number of anilines is 1. The Morgan fingerprint density at radius 1 is 0.972 bits per heavy atom. The highest BCUT2D eigenvalue weighted by molar-refractivity contribution is 5.89. The summed E-state index contributed by atoms with van der Waals surface area (Å²) in [5.41, 5.74) is 3.87. The van der Waals surface area contributed by atoms with Gasteiger partial charge < -0.3 is 20.1 Å². The Morgan fingerprint density at radius 3 is 2.33 bits per heavy atom. The van der Waals surface area contributed by atoms with Gasteiger partial charge in [0.1, 0.15) is 5.75 Å². The van der Waals surface area contributed by atoms with Crippen molar-refractivity contribution in [3.05, 3.63) is 95.6 Å². The summed E-state index contributed by atoms with van der Waals surface area (Å²) in [5, 5.41) is 13.2. The van der Waals surface area contributed by atoms with E-state index in [4.69, 9.17) is 4.74 Å². The maximum Gasteiger partial charge on any atom is 0.321 e. The van der Waals surface area contributed by atoms with Crippen LogP contribution in [0.5, 0.6) is 5.75 Å². The molecule has 2 amide bonds. The van der Waals surface area contributed by atoms with Crippen LogP contribution in [0.3, 0.4) is 0 Å². The van der Waals surface area contributed by atoms with E-state index in [1.54, 1.807) is 7.11 Å². The molecular formula is C30H31N3O3. The summed E-state index contributed by atoms with van der Waals surface area (Å²) in [6.45, 7) is 2.29. The summed E-state index contributed by atoms with van der Waals surface area (Å²) in [6.07, 6.45) is 0.879. The lowest BCUT2D eigenvalue weighted by atomic mass is 9.75. The van der Waals surface area contributed by atoms with E-state index in [9.17, 15) is 9.90 Å². The zero-order valence-corrected chi connectivity index (χ0v) is 20.4. The SMILES string of the molecule is COc1ccc(NC(=O)N2CCCN3[C@H](CO)[C@H](c4ccc(C#Cc5ccccc5)cc4)[C@@H]3C2)cc1. The van der Waals surface area contributed by atoms with E-state index in [-0.39, 0.29) is 30.6 Å². The Bertz CT molecular complexity index is 1230. The Balaban J connectivity index is 1.28. The number of nitrogens with zero attached hydrogens (tertiary/aromatic N) is 2. The molecule has 36 heavy (non-hydrogen) atoms. The number of benzene rings is 3. The lowest BCUT2D eigenvalue weighted by Crippen LogP contribution is -2.66. The number of hydrogen-bond donors (Lipinski definition) is 2. The molecule has 0 bridgehead atoms. The van der Waals surface area contributed by atoms with E-state index >= 15 is 0 Å². The van der Waals surface area contributed by atoms with Crippen molar-refractivity contribution in [3.8, 4) is 17.6 Å². The first-order chi connectivity index (χ1) is 17.7. The minimum atomic E-state index is -0.0975. The molecule has 0 aliphatic carbocycles. The van der Waals surface area contributed by atoms with E-state index < -0.39 is 0 Å². The molecule has 2 aliphatic rings. The highest BCUT2D eigenvalue weighted by Crippen LogP contribution is 2.42. The van der Waals surface area contributed by atoms with Crippen LogP contribution >= 0.6 is 0 Å². The predicted octanol–water partition coefficient (Wildman–Crippen LogP) is 4.16. The minimum Gasteiger partial charge on any atom is -0.497 e. The molecule has 184 valence electrons. The number of hydrogen-bond acceptors (Lipinski definition) is 4. The van der Waals surface area contributed by atoms with Gasteiger partial charge in [0.05, 0.1) is 13.7 Å². The second kappa shape index (κ2) is 10.9. The van der Waals surface area contributed by atoms with Crippen LogP contribution in [0.4, 0.5) is 10.5 Å². The quantitative estimate of drug-likeness (QED) is 0.550. The number of amides is 2. The molecule has 5 rings (SSSR count). The van der Waals surface area contributed by atoms with E-state index in [2.05, 4.69) is 34.2 Å².